The Bertz CT molecular complexity index is 772. The minimum Gasteiger partial charge on any atom is -0.460 e. The van der Waals surface area contributed by atoms with Crippen LogP contribution in [0.15, 0.2) is 48.8 Å². The van der Waals surface area contributed by atoms with Crippen LogP contribution in [0.5, 0.6) is 0 Å². The van der Waals surface area contributed by atoms with Crippen molar-refractivity contribution in [2.75, 3.05) is 6.61 Å². The molecule has 0 aliphatic carbocycles. The van der Waals surface area contributed by atoms with Crippen molar-refractivity contribution < 1.29 is 9.53 Å². The van der Waals surface area contributed by atoms with Gasteiger partial charge in [0.15, 0.2) is 0 Å². The van der Waals surface area contributed by atoms with Crippen molar-refractivity contribution in [2.45, 2.75) is 6.54 Å². The van der Waals surface area contributed by atoms with E-state index in [-0.39, 0.29) is 11.8 Å². The molecule has 1 aromatic carbocycles. The molecule has 0 aliphatic heterocycles. The van der Waals surface area contributed by atoms with Crippen molar-refractivity contribution in [3.05, 3.63) is 59.5 Å². The number of ether oxygens (including phenoxy) is 1. The SMILES string of the molecule is O=C(OCCn1cccn1)c1cc(Cl)nc2ccccc12. The van der Waals surface area contributed by atoms with E-state index in [1.54, 1.807) is 10.9 Å². The molecule has 0 spiro atoms. The van der Waals surface area contributed by atoms with Gasteiger partial charge in [0.05, 0.1) is 17.6 Å². The molecular weight excluding hydrogens is 290 g/mol. The molecule has 0 N–H and O–H groups in total. The Morgan fingerprint density at radius 1 is 1.29 bits per heavy atom. The summed E-state index contributed by atoms with van der Waals surface area (Å²) in [6.45, 7) is 0.754. The second-order valence-electron chi connectivity index (χ2n) is 4.41. The predicted octanol–water partition coefficient (Wildman–Crippen LogP) is 2.94. The number of aromatic nitrogens is 3. The third-order valence-electron chi connectivity index (χ3n) is 3.02. The molecule has 0 aliphatic rings. The third-order valence-corrected chi connectivity index (χ3v) is 3.21. The van der Waals surface area contributed by atoms with Crippen LogP contribution in [0.1, 0.15) is 10.4 Å². The summed E-state index contributed by atoms with van der Waals surface area (Å²) >= 11 is 5.95. The first-order valence-corrected chi connectivity index (χ1v) is 6.82. The maximum absolute atomic E-state index is 12.2. The molecular formula is C15H12ClN3O2. The zero-order valence-electron chi connectivity index (χ0n) is 11.1. The van der Waals surface area contributed by atoms with Crippen molar-refractivity contribution in [3.8, 4) is 0 Å². The molecule has 0 saturated heterocycles. The van der Waals surface area contributed by atoms with Crippen LogP contribution < -0.4 is 0 Å². The van der Waals surface area contributed by atoms with Crippen LogP contribution in [-0.2, 0) is 11.3 Å². The number of hydrogen-bond acceptors (Lipinski definition) is 4. The highest BCUT2D eigenvalue weighted by Gasteiger charge is 2.13. The summed E-state index contributed by atoms with van der Waals surface area (Å²) in [7, 11) is 0. The minimum absolute atomic E-state index is 0.245. The van der Waals surface area contributed by atoms with Crippen molar-refractivity contribution in [2.24, 2.45) is 0 Å². The monoisotopic (exact) mass is 301 g/mol. The Morgan fingerprint density at radius 2 is 2.14 bits per heavy atom. The average Bonchev–Trinajstić information content (AvgIpc) is 2.99. The van der Waals surface area contributed by atoms with Gasteiger partial charge in [-0.1, -0.05) is 29.8 Å². The van der Waals surface area contributed by atoms with Gasteiger partial charge in [0.25, 0.3) is 0 Å². The fourth-order valence-corrected chi connectivity index (χ4v) is 2.25. The summed E-state index contributed by atoms with van der Waals surface area (Å²) < 4.78 is 6.98. The summed E-state index contributed by atoms with van der Waals surface area (Å²) in [6.07, 6.45) is 3.49. The molecule has 0 radical (unpaired) electrons. The highest BCUT2D eigenvalue weighted by atomic mass is 35.5. The number of esters is 1. The molecule has 0 fully saturated rings. The van der Waals surface area contributed by atoms with Gasteiger partial charge in [0.2, 0.25) is 0 Å². The second-order valence-corrected chi connectivity index (χ2v) is 4.80. The summed E-state index contributed by atoms with van der Waals surface area (Å²) in [5.74, 6) is -0.414. The van der Waals surface area contributed by atoms with Crippen LogP contribution in [0.3, 0.4) is 0 Å². The zero-order chi connectivity index (χ0) is 14.7. The lowest BCUT2D eigenvalue weighted by atomic mass is 10.1. The van der Waals surface area contributed by atoms with E-state index in [0.29, 0.717) is 17.6 Å². The molecule has 0 amide bonds. The lowest BCUT2D eigenvalue weighted by molar-refractivity contribution is 0.0490. The predicted molar refractivity (Wildman–Crippen MR) is 79.3 cm³/mol. The smallest absolute Gasteiger partial charge is 0.338 e. The van der Waals surface area contributed by atoms with Gasteiger partial charge in [-0.25, -0.2) is 9.78 Å². The first kappa shape index (κ1) is 13.6. The topological polar surface area (TPSA) is 57.0 Å². The fourth-order valence-electron chi connectivity index (χ4n) is 2.05. The van der Waals surface area contributed by atoms with Gasteiger partial charge < -0.3 is 4.74 Å². The van der Waals surface area contributed by atoms with Crippen LogP contribution in [0.4, 0.5) is 0 Å². The molecule has 6 heteroatoms. The van der Waals surface area contributed by atoms with E-state index in [1.165, 1.54) is 6.07 Å². The quantitative estimate of drug-likeness (QED) is 0.549. The molecule has 3 rings (SSSR count). The number of hydrogen-bond donors (Lipinski definition) is 0. The molecule has 0 unspecified atom stereocenters. The highest BCUT2D eigenvalue weighted by molar-refractivity contribution is 6.30. The van der Waals surface area contributed by atoms with Gasteiger partial charge in [0.1, 0.15) is 11.8 Å². The number of rotatable bonds is 4. The zero-order valence-corrected chi connectivity index (χ0v) is 11.8. The summed E-state index contributed by atoms with van der Waals surface area (Å²) in [6, 6.07) is 10.7. The fraction of sp³-hybridized carbons (Fsp3) is 0.133. The first-order chi connectivity index (χ1) is 10.2. The van der Waals surface area contributed by atoms with Gasteiger partial charge in [0, 0.05) is 17.8 Å². The molecule has 2 aromatic heterocycles. The average molecular weight is 302 g/mol. The van der Waals surface area contributed by atoms with Gasteiger partial charge in [-0.3, -0.25) is 4.68 Å². The molecule has 5 nitrogen and oxygen atoms in total. The van der Waals surface area contributed by atoms with E-state index >= 15 is 0 Å². The second kappa shape index (κ2) is 5.93. The molecule has 0 bridgehead atoms. The number of benzene rings is 1. The number of halogens is 1. The van der Waals surface area contributed by atoms with Gasteiger partial charge >= 0.3 is 5.97 Å². The van der Waals surface area contributed by atoms with Gasteiger partial charge in [-0.05, 0) is 18.2 Å². The molecule has 21 heavy (non-hydrogen) atoms. The largest absolute Gasteiger partial charge is 0.460 e. The van der Waals surface area contributed by atoms with Gasteiger partial charge in [-0.15, -0.1) is 0 Å². The summed E-state index contributed by atoms with van der Waals surface area (Å²) in [5, 5.41) is 5.04. The Hall–Kier alpha value is -2.40. The van der Waals surface area contributed by atoms with E-state index in [9.17, 15) is 4.79 Å². The van der Waals surface area contributed by atoms with Crippen molar-refractivity contribution in [1.29, 1.82) is 0 Å². The summed E-state index contributed by atoms with van der Waals surface area (Å²) in [4.78, 5) is 16.4. The maximum Gasteiger partial charge on any atom is 0.338 e. The van der Waals surface area contributed by atoms with Crippen LogP contribution in [0, 0.1) is 0 Å². The van der Waals surface area contributed by atoms with E-state index in [0.717, 1.165) is 5.39 Å². The number of carbonyl (C=O) groups is 1. The van der Waals surface area contributed by atoms with Crippen LogP contribution in [0.2, 0.25) is 5.15 Å². The number of fused-ring (bicyclic) bond motifs is 1. The van der Waals surface area contributed by atoms with Crippen LogP contribution >= 0.6 is 11.6 Å². The molecule has 2 heterocycles. The normalized spacial score (nSPS) is 10.7. The Balaban J connectivity index is 1.78. The summed E-state index contributed by atoms with van der Waals surface area (Å²) in [5.41, 5.74) is 1.09. The molecule has 0 atom stereocenters. The van der Waals surface area contributed by atoms with E-state index in [1.807, 2.05) is 36.5 Å². The lowest BCUT2D eigenvalue weighted by Crippen LogP contribution is -2.12. The van der Waals surface area contributed by atoms with Crippen LogP contribution in [0.25, 0.3) is 10.9 Å². The minimum atomic E-state index is -0.414. The van der Waals surface area contributed by atoms with Gasteiger partial charge in [-0.2, -0.15) is 5.10 Å². The first-order valence-electron chi connectivity index (χ1n) is 6.44. The maximum atomic E-state index is 12.2. The van der Waals surface area contributed by atoms with Crippen molar-refractivity contribution in [3.63, 3.8) is 0 Å². The van der Waals surface area contributed by atoms with E-state index in [4.69, 9.17) is 16.3 Å². The Kier molecular flexibility index (Phi) is 3.83. The van der Waals surface area contributed by atoms with Crippen LogP contribution in [-0.4, -0.2) is 27.3 Å². The number of nitrogens with zero attached hydrogens (tertiary/aromatic N) is 3. The number of carbonyl (C=O) groups excluding carboxylic acids is 1. The van der Waals surface area contributed by atoms with E-state index < -0.39 is 5.97 Å². The third kappa shape index (κ3) is 3.03. The molecule has 3 aromatic rings. The lowest BCUT2D eigenvalue weighted by Gasteiger charge is -2.08. The number of para-hydroxylation sites is 1. The molecule has 0 saturated carbocycles. The Morgan fingerprint density at radius 3 is 2.95 bits per heavy atom. The number of pyridine rings is 1. The standard InChI is InChI=1S/C15H12ClN3O2/c16-14-10-12(11-4-1-2-5-13(11)18-14)15(20)21-9-8-19-7-3-6-17-19/h1-7,10H,8-9H2. The van der Waals surface area contributed by atoms with Crippen molar-refractivity contribution >= 4 is 28.5 Å². The highest BCUT2D eigenvalue weighted by Crippen LogP contribution is 2.21. The Labute approximate surface area is 126 Å². The van der Waals surface area contributed by atoms with E-state index in [2.05, 4.69) is 10.1 Å². The van der Waals surface area contributed by atoms with Crippen molar-refractivity contribution in [1.82, 2.24) is 14.8 Å². The molecule has 106 valence electrons.